The monoisotopic (exact) mass is 757 g/mol. The minimum Gasteiger partial charge on any atom is -0.387 e. The summed E-state index contributed by atoms with van der Waals surface area (Å²) in [5.74, 6) is 2.65. The number of fused-ring (bicyclic) bond motifs is 1. The summed E-state index contributed by atoms with van der Waals surface area (Å²) in [6, 6.07) is 2.35. The van der Waals surface area contributed by atoms with E-state index in [1.807, 2.05) is 13.0 Å². The van der Waals surface area contributed by atoms with Gasteiger partial charge in [0.05, 0.1) is 19.2 Å². The number of unbranched alkanes of at least 4 members (excludes halogenated alkanes) is 1. The molecule has 2 aliphatic heterocycles. The SMILES string of the molecule is CCn1nnc([C@H]2O[C@@H](n3cnc4c(NC5CCC(Nc6ccnc(NCCCCN7CCCC7)n6)CC5)nc(NCCc5cnc[nH]5)nc43)[C@H](O)[C@@H]2O)n1. The van der Waals surface area contributed by atoms with Crippen LogP contribution in [0.2, 0.25) is 0 Å². The number of likely N-dealkylation sites (tertiary alicyclic amines) is 1. The van der Waals surface area contributed by atoms with Crippen LogP contribution < -0.4 is 21.3 Å². The fraction of sp³-hybridized carbons (Fsp3) is 0.629. The summed E-state index contributed by atoms with van der Waals surface area (Å²) in [5.41, 5.74) is 1.95. The second kappa shape index (κ2) is 17.2. The summed E-state index contributed by atoms with van der Waals surface area (Å²) in [4.78, 5) is 34.7. The molecule has 0 radical (unpaired) electrons. The highest BCUT2D eigenvalue weighted by Gasteiger charge is 2.47. The molecule has 1 saturated carbocycles. The number of H-pyrrole nitrogens is 1. The number of nitrogens with one attached hydrogen (secondary N) is 5. The number of imidazole rings is 2. The minimum absolute atomic E-state index is 0.147. The van der Waals surface area contributed by atoms with Crippen LogP contribution in [0.1, 0.15) is 82.1 Å². The van der Waals surface area contributed by atoms with Gasteiger partial charge >= 0.3 is 0 Å². The van der Waals surface area contributed by atoms with Crippen LogP contribution in [0.4, 0.5) is 23.5 Å². The van der Waals surface area contributed by atoms with Crippen LogP contribution >= 0.6 is 0 Å². The molecule has 1 aliphatic carbocycles. The van der Waals surface area contributed by atoms with Crippen molar-refractivity contribution < 1.29 is 14.9 Å². The zero-order chi connectivity index (χ0) is 37.6. The van der Waals surface area contributed by atoms with Gasteiger partial charge in [0.25, 0.3) is 0 Å². The van der Waals surface area contributed by atoms with E-state index >= 15 is 0 Å². The highest BCUT2D eigenvalue weighted by molar-refractivity contribution is 5.84. The third kappa shape index (κ3) is 8.77. The Morgan fingerprint density at radius 2 is 1.75 bits per heavy atom. The Bertz CT molecular complexity index is 1960. The zero-order valence-electron chi connectivity index (χ0n) is 31.1. The van der Waals surface area contributed by atoms with Crippen molar-refractivity contribution >= 4 is 34.7 Å². The fourth-order valence-corrected chi connectivity index (χ4v) is 7.59. The van der Waals surface area contributed by atoms with Crippen molar-refractivity contribution in [3.05, 3.63) is 42.6 Å². The van der Waals surface area contributed by atoms with E-state index in [1.165, 1.54) is 43.7 Å². The van der Waals surface area contributed by atoms with Crippen molar-refractivity contribution in [1.82, 2.24) is 64.6 Å². The molecular formula is C35H51N17O3. The van der Waals surface area contributed by atoms with Crippen molar-refractivity contribution in [3.8, 4) is 0 Å². The lowest BCUT2D eigenvalue weighted by atomic mass is 9.91. The van der Waals surface area contributed by atoms with Crippen LogP contribution in [0.3, 0.4) is 0 Å². The van der Waals surface area contributed by atoms with E-state index in [4.69, 9.17) is 19.7 Å². The average Bonchev–Trinajstić information content (AvgIpc) is 4.06. The molecule has 20 heteroatoms. The number of aryl methyl sites for hydroxylation is 1. The molecule has 55 heavy (non-hydrogen) atoms. The normalized spacial score (nSPS) is 24.4. The first-order chi connectivity index (χ1) is 27.0. The summed E-state index contributed by atoms with van der Waals surface area (Å²) in [6.07, 6.45) is 11.5. The van der Waals surface area contributed by atoms with Gasteiger partial charge in [-0.15, -0.1) is 10.2 Å². The molecule has 0 amide bonds. The molecule has 0 spiro atoms. The molecule has 0 unspecified atom stereocenters. The molecule has 2 saturated heterocycles. The lowest BCUT2D eigenvalue weighted by Gasteiger charge is -2.30. The van der Waals surface area contributed by atoms with Crippen LogP contribution in [-0.4, -0.2) is 132 Å². The number of anilines is 4. The van der Waals surface area contributed by atoms with Gasteiger partial charge < -0.3 is 46.1 Å². The lowest BCUT2D eigenvalue weighted by Crippen LogP contribution is -2.33. The van der Waals surface area contributed by atoms with Crippen LogP contribution in [0.25, 0.3) is 11.2 Å². The molecule has 5 aromatic heterocycles. The van der Waals surface area contributed by atoms with Crippen LogP contribution in [0.5, 0.6) is 0 Å². The number of aromatic amines is 1. The number of aliphatic hydroxyl groups excluding tert-OH is 2. The summed E-state index contributed by atoms with van der Waals surface area (Å²) in [7, 11) is 0. The van der Waals surface area contributed by atoms with E-state index in [0.717, 1.165) is 50.2 Å². The second-order valence-corrected chi connectivity index (χ2v) is 14.5. The largest absolute Gasteiger partial charge is 0.387 e. The molecule has 20 nitrogen and oxygen atoms in total. The zero-order valence-corrected chi connectivity index (χ0v) is 31.1. The Labute approximate surface area is 318 Å². The topological polar surface area (TPSA) is 243 Å². The fourth-order valence-electron chi connectivity index (χ4n) is 7.59. The molecule has 3 aliphatic rings. The number of rotatable bonds is 17. The van der Waals surface area contributed by atoms with Crippen molar-refractivity contribution in [2.45, 2.75) is 108 Å². The lowest BCUT2D eigenvalue weighted by molar-refractivity contribution is -0.0384. The quantitative estimate of drug-likeness (QED) is 0.0672. The van der Waals surface area contributed by atoms with Crippen molar-refractivity contribution in [2.24, 2.45) is 0 Å². The van der Waals surface area contributed by atoms with E-state index in [-0.39, 0.29) is 17.9 Å². The number of hydrogen-bond donors (Lipinski definition) is 7. The number of ether oxygens (including phenoxy) is 1. The van der Waals surface area contributed by atoms with Gasteiger partial charge in [0.15, 0.2) is 29.3 Å². The van der Waals surface area contributed by atoms with Gasteiger partial charge in [-0.25, -0.2) is 15.0 Å². The van der Waals surface area contributed by atoms with E-state index in [9.17, 15) is 10.2 Å². The molecule has 8 rings (SSSR count). The van der Waals surface area contributed by atoms with E-state index in [0.29, 0.717) is 48.4 Å². The standard InChI is InChI=1S/C35H51N17O3/c1-2-52-48-31(47-49-52)29-27(53)28(54)33(55-29)51-21-41-26-30(45-35(46-32(26)51)39-14-11-24-19-36-20-40-24)43-23-9-7-22(8-10-23)42-25-12-15-38-34(44-25)37-13-3-4-16-50-17-5-6-18-50/h12,15,19-23,27-29,33,53-54H,2-11,13-14,16-18H2,1H3,(H,36,40)(H2,37,38,42,44)(H2,39,43,45,46)/t22?,23?,27-,28+,29-,33+/m0/s1. The first-order valence-corrected chi connectivity index (χ1v) is 19.6. The van der Waals surface area contributed by atoms with Gasteiger partial charge in [0.1, 0.15) is 18.0 Å². The van der Waals surface area contributed by atoms with Crippen LogP contribution in [0.15, 0.2) is 31.1 Å². The summed E-state index contributed by atoms with van der Waals surface area (Å²) >= 11 is 0. The van der Waals surface area contributed by atoms with E-state index in [1.54, 1.807) is 29.6 Å². The maximum Gasteiger partial charge on any atom is 0.226 e. The van der Waals surface area contributed by atoms with Gasteiger partial charge in [-0.2, -0.15) is 19.7 Å². The predicted molar refractivity (Wildman–Crippen MR) is 203 cm³/mol. The number of tetrazole rings is 1. The molecule has 5 aromatic rings. The third-order valence-corrected chi connectivity index (χ3v) is 10.6. The number of hydrogen-bond acceptors (Lipinski definition) is 17. The van der Waals surface area contributed by atoms with Crippen molar-refractivity contribution in [3.63, 3.8) is 0 Å². The van der Waals surface area contributed by atoms with Gasteiger partial charge in [-0.1, -0.05) is 0 Å². The van der Waals surface area contributed by atoms with Crippen LogP contribution in [-0.2, 0) is 17.7 Å². The Balaban J connectivity index is 0.911. The van der Waals surface area contributed by atoms with E-state index < -0.39 is 24.5 Å². The molecule has 4 atom stereocenters. The molecule has 0 aromatic carbocycles. The first kappa shape index (κ1) is 36.9. The van der Waals surface area contributed by atoms with Crippen molar-refractivity contribution in [2.75, 3.05) is 54.0 Å². The van der Waals surface area contributed by atoms with Gasteiger partial charge in [0, 0.05) is 49.7 Å². The van der Waals surface area contributed by atoms with E-state index in [2.05, 4.69) is 61.5 Å². The summed E-state index contributed by atoms with van der Waals surface area (Å²) < 4.78 is 7.79. The average molecular weight is 758 g/mol. The molecule has 3 fully saturated rings. The molecule has 0 bridgehead atoms. The molecule has 7 heterocycles. The van der Waals surface area contributed by atoms with Crippen molar-refractivity contribution in [1.29, 1.82) is 0 Å². The summed E-state index contributed by atoms with van der Waals surface area (Å²) in [6.45, 7) is 7.46. The molecule has 7 N–H and O–H groups in total. The number of aromatic nitrogens is 12. The minimum atomic E-state index is -1.30. The number of aliphatic hydroxyl groups is 2. The first-order valence-electron chi connectivity index (χ1n) is 19.6. The maximum atomic E-state index is 11.2. The van der Waals surface area contributed by atoms with Gasteiger partial charge in [-0.3, -0.25) is 4.57 Å². The Morgan fingerprint density at radius 3 is 2.53 bits per heavy atom. The van der Waals surface area contributed by atoms with Crippen LogP contribution in [0, 0.1) is 0 Å². The highest BCUT2D eigenvalue weighted by Crippen LogP contribution is 2.39. The number of nitrogens with zero attached hydrogens (tertiary/aromatic N) is 12. The van der Waals surface area contributed by atoms with Gasteiger partial charge in [-0.05, 0) is 89.2 Å². The highest BCUT2D eigenvalue weighted by atomic mass is 16.6. The Hall–Kier alpha value is -5.05. The second-order valence-electron chi connectivity index (χ2n) is 14.5. The molecule has 294 valence electrons. The van der Waals surface area contributed by atoms with Gasteiger partial charge in [0.2, 0.25) is 17.7 Å². The maximum absolute atomic E-state index is 11.2. The smallest absolute Gasteiger partial charge is 0.226 e. The third-order valence-electron chi connectivity index (χ3n) is 10.6. The molecular weight excluding hydrogens is 707 g/mol. The predicted octanol–water partition coefficient (Wildman–Crippen LogP) is 2.12. The Kier molecular flexibility index (Phi) is 11.5. The Morgan fingerprint density at radius 1 is 0.927 bits per heavy atom. The summed E-state index contributed by atoms with van der Waals surface area (Å²) in [5, 5.41) is 48.4.